The number of anilines is 1. The SMILES string of the molecule is O=C(OCc1ccccc1)N1CCOc2cnc(Cl)nc21. The second-order valence-corrected chi connectivity index (χ2v) is 4.71. The molecule has 21 heavy (non-hydrogen) atoms. The largest absolute Gasteiger partial charge is 0.486 e. The topological polar surface area (TPSA) is 64.5 Å². The van der Waals surface area contributed by atoms with Gasteiger partial charge in [0, 0.05) is 0 Å². The first-order valence-electron chi connectivity index (χ1n) is 6.37. The lowest BCUT2D eigenvalue weighted by Crippen LogP contribution is -2.39. The first kappa shape index (κ1) is 13.6. The van der Waals surface area contributed by atoms with Crippen LogP contribution in [0.1, 0.15) is 5.56 Å². The summed E-state index contributed by atoms with van der Waals surface area (Å²) in [5.41, 5.74) is 0.917. The second-order valence-electron chi connectivity index (χ2n) is 4.37. The van der Waals surface area contributed by atoms with Crippen LogP contribution in [0.5, 0.6) is 5.75 Å². The van der Waals surface area contributed by atoms with E-state index in [-0.39, 0.29) is 11.9 Å². The van der Waals surface area contributed by atoms with E-state index < -0.39 is 6.09 Å². The molecule has 6 nitrogen and oxygen atoms in total. The van der Waals surface area contributed by atoms with Crippen LogP contribution in [-0.2, 0) is 11.3 Å². The molecule has 2 aromatic rings. The number of carbonyl (C=O) groups is 1. The summed E-state index contributed by atoms with van der Waals surface area (Å²) in [7, 11) is 0. The summed E-state index contributed by atoms with van der Waals surface area (Å²) in [6.07, 6.45) is 0.958. The Labute approximate surface area is 126 Å². The zero-order valence-corrected chi connectivity index (χ0v) is 11.8. The Bertz CT molecular complexity index is 651. The van der Waals surface area contributed by atoms with Crippen molar-refractivity contribution in [3.63, 3.8) is 0 Å². The van der Waals surface area contributed by atoms with Crippen molar-refractivity contribution in [1.82, 2.24) is 9.97 Å². The molecule has 0 fully saturated rings. The number of benzene rings is 1. The Hall–Kier alpha value is -2.34. The van der Waals surface area contributed by atoms with Gasteiger partial charge in [0.05, 0.1) is 12.7 Å². The Kier molecular flexibility index (Phi) is 3.87. The van der Waals surface area contributed by atoms with Crippen LogP contribution in [0.3, 0.4) is 0 Å². The summed E-state index contributed by atoms with van der Waals surface area (Å²) in [4.78, 5) is 21.4. The van der Waals surface area contributed by atoms with Gasteiger partial charge >= 0.3 is 6.09 Å². The van der Waals surface area contributed by atoms with Crippen molar-refractivity contribution in [1.29, 1.82) is 0 Å². The van der Waals surface area contributed by atoms with E-state index in [1.165, 1.54) is 11.1 Å². The summed E-state index contributed by atoms with van der Waals surface area (Å²) < 4.78 is 10.7. The Morgan fingerprint density at radius 2 is 2.19 bits per heavy atom. The lowest BCUT2D eigenvalue weighted by atomic mass is 10.2. The maximum atomic E-state index is 12.2. The number of amides is 1. The van der Waals surface area contributed by atoms with Gasteiger partial charge in [0.25, 0.3) is 0 Å². The lowest BCUT2D eigenvalue weighted by Gasteiger charge is -2.27. The first-order valence-corrected chi connectivity index (χ1v) is 6.75. The molecule has 0 atom stereocenters. The van der Waals surface area contributed by atoms with Gasteiger partial charge in [-0.3, -0.25) is 4.90 Å². The van der Waals surface area contributed by atoms with Crippen LogP contribution in [0.2, 0.25) is 5.28 Å². The smallest absolute Gasteiger partial charge is 0.416 e. The van der Waals surface area contributed by atoms with Crippen LogP contribution in [-0.4, -0.2) is 29.2 Å². The zero-order valence-electron chi connectivity index (χ0n) is 11.0. The molecule has 0 radical (unpaired) electrons. The zero-order chi connectivity index (χ0) is 14.7. The number of carbonyl (C=O) groups excluding carboxylic acids is 1. The molecule has 0 saturated heterocycles. The molecule has 108 valence electrons. The molecule has 0 aliphatic carbocycles. The Balaban J connectivity index is 1.73. The number of hydrogen-bond acceptors (Lipinski definition) is 5. The fourth-order valence-electron chi connectivity index (χ4n) is 1.96. The van der Waals surface area contributed by atoms with Crippen LogP contribution in [0, 0.1) is 0 Å². The van der Waals surface area contributed by atoms with Gasteiger partial charge in [-0.25, -0.2) is 9.78 Å². The number of aromatic nitrogens is 2. The molecule has 1 aromatic heterocycles. The number of halogens is 1. The third-order valence-electron chi connectivity index (χ3n) is 2.96. The van der Waals surface area contributed by atoms with Crippen molar-refractivity contribution in [3.05, 3.63) is 47.4 Å². The molecular weight excluding hydrogens is 294 g/mol. The highest BCUT2D eigenvalue weighted by Crippen LogP contribution is 2.29. The number of ether oxygens (including phenoxy) is 2. The average Bonchev–Trinajstić information content (AvgIpc) is 2.53. The molecule has 3 rings (SSSR count). The predicted octanol–water partition coefficient (Wildman–Crippen LogP) is 2.67. The molecule has 1 aromatic carbocycles. The minimum Gasteiger partial charge on any atom is -0.486 e. The predicted molar refractivity (Wildman–Crippen MR) is 76.5 cm³/mol. The summed E-state index contributed by atoms with van der Waals surface area (Å²) in [6, 6.07) is 9.46. The van der Waals surface area contributed by atoms with Crippen molar-refractivity contribution >= 4 is 23.5 Å². The average molecular weight is 306 g/mol. The van der Waals surface area contributed by atoms with E-state index in [2.05, 4.69) is 9.97 Å². The summed E-state index contributed by atoms with van der Waals surface area (Å²) in [5.74, 6) is 0.752. The second kappa shape index (κ2) is 5.97. The van der Waals surface area contributed by atoms with Crippen LogP contribution in [0.15, 0.2) is 36.5 Å². The summed E-state index contributed by atoms with van der Waals surface area (Å²) in [5, 5.41) is 0.0557. The van der Waals surface area contributed by atoms with Crippen molar-refractivity contribution in [2.45, 2.75) is 6.61 Å². The molecule has 0 N–H and O–H groups in total. The number of nitrogens with zero attached hydrogens (tertiary/aromatic N) is 3. The molecule has 1 aliphatic rings. The van der Waals surface area contributed by atoms with Gasteiger partial charge in [-0.15, -0.1) is 0 Å². The normalized spacial score (nSPS) is 13.3. The van der Waals surface area contributed by atoms with E-state index in [0.29, 0.717) is 24.7 Å². The molecule has 0 saturated carbocycles. The monoisotopic (exact) mass is 305 g/mol. The van der Waals surface area contributed by atoms with Gasteiger partial charge in [0.2, 0.25) is 5.28 Å². The third kappa shape index (κ3) is 3.05. The molecule has 2 heterocycles. The lowest BCUT2D eigenvalue weighted by molar-refractivity contribution is 0.143. The van der Waals surface area contributed by atoms with Crippen LogP contribution >= 0.6 is 11.6 Å². The van der Waals surface area contributed by atoms with Crippen LogP contribution < -0.4 is 9.64 Å². The maximum Gasteiger partial charge on any atom is 0.416 e. The van der Waals surface area contributed by atoms with E-state index in [1.807, 2.05) is 30.3 Å². The number of fused-ring (bicyclic) bond motifs is 1. The minimum atomic E-state index is -0.488. The molecule has 0 unspecified atom stereocenters. The third-order valence-corrected chi connectivity index (χ3v) is 3.14. The van der Waals surface area contributed by atoms with Crippen molar-refractivity contribution in [2.75, 3.05) is 18.1 Å². The Morgan fingerprint density at radius 1 is 1.38 bits per heavy atom. The summed E-state index contributed by atoms with van der Waals surface area (Å²) >= 11 is 5.76. The molecule has 1 amide bonds. The first-order chi connectivity index (χ1) is 10.2. The number of hydrogen-bond donors (Lipinski definition) is 0. The van der Waals surface area contributed by atoms with Gasteiger partial charge in [-0.2, -0.15) is 4.98 Å². The van der Waals surface area contributed by atoms with Gasteiger partial charge in [-0.05, 0) is 17.2 Å². The summed E-state index contributed by atoms with van der Waals surface area (Å²) in [6.45, 7) is 0.914. The van der Waals surface area contributed by atoms with E-state index in [9.17, 15) is 4.79 Å². The van der Waals surface area contributed by atoms with E-state index >= 15 is 0 Å². The highest BCUT2D eigenvalue weighted by atomic mass is 35.5. The van der Waals surface area contributed by atoms with Crippen LogP contribution in [0.25, 0.3) is 0 Å². The quantitative estimate of drug-likeness (QED) is 0.798. The van der Waals surface area contributed by atoms with Gasteiger partial charge in [0.1, 0.15) is 13.2 Å². The number of rotatable bonds is 2. The molecule has 0 bridgehead atoms. The molecular formula is C14H12ClN3O3. The Morgan fingerprint density at radius 3 is 3.00 bits per heavy atom. The minimum absolute atomic E-state index is 0.0557. The van der Waals surface area contributed by atoms with Crippen molar-refractivity contribution in [3.8, 4) is 5.75 Å². The van der Waals surface area contributed by atoms with E-state index in [1.54, 1.807) is 0 Å². The van der Waals surface area contributed by atoms with E-state index in [0.717, 1.165) is 5.56 Å². The highest BCUT2D eigenvalue weighted by molar-refractivity contribution is 6.28. The maximum absolute atomic E-state index is 12.2. The van der Waals surface area contributed by atoms with Crippen LogP contribution in [0.4, 0.5) is 10.6 Å². The van der Waals surface area contributed by atoms with E-state index in [4.69, 9.17) is 21.1 Å². The van der Waals surface area contributed by atoms with Crippen molar-refractivity contribution in [2.24, 2.45) is 0 Å². The standard InChI is InChI=1S/C14H12ClN3O3/c15-13-16-8-11-12(17-13)18(6-7-20-11)14(19)21-9-10-4-2-1-3-5-10/h1-5,8H,6-7,9H2. The van der Waals surface area contributed by atoms with Gasteiger partial charge in [-0.1, -0.05) is 30.3 Å². The fourth-order valence-corrected chi connectivity index (χ4v) is 2.09. The van der Waals surface area contributed by atoms with Gasteiger partial charge < -0.3 is 9.47 Å². The molecule has 0 spiro atoms. The molecule has 1 aliphatic heterocycles. The molecule has 7 heteroatoms. The fraction of sp³-hybridized carbons (Fsp3) is 0.214. The van der Waals surface area contributed by atoms with Gasteiger partial charge in [0.15, 0.2) is 11.6 Å². The van der Waals surface area contributed by atoms with Crippen molar-refractivity contribution < 1.29 is 14.3 Å². The highest BCUT2D eigenvalue weighted by Gasteiger charge is 2.27.